The Bertz CT molecular complexity index is 845. The molecular weight excluding hydrogens is 331 g/mol. The third kappa shape index (κ3) is 2.01. The van der Waals surface area contributed by atoms with Gasteiger partial charge in [-0.2, -0.15) is 0 Å². The minimum absolute atomic E-state index is 0.0160. The van der Waals surface area contributed by atoms with Crippen LogP contribution < -0.4 is 16.8 Å². The van der Waals surface area contributed by atoms with Crippen molar-refractivity contribution in [3.8, 4) is 0 Å². The number of hydrogen-bond donors (Lipinski definition) is 5. The van der Waals surface area contributed by atoms with Crippen molar-refractivity contribution in [3.05, 3.63) is 22.5 Å². The van der Waals surface area contributed by atoms with Gasteiger partial charge in [0.1, 0.15) is 17.5 Å². The van der Waals surface area contributed by atoms with Crippen LogP contribution in [-0.2, 0) is 0 Å². The van der Waals surface area contributed by atoms with Gasteiger partial charge in [-0.15, -0.1) is 0 Å². The highest BCUT2D eigenvalue weighted by molar-refractivity contribution is 6.38. The van der Waals surface area contributed by atoms with Crippen LogP contribution in [0.3, 0.4) is 0 Å². The molecule has 1 aromatic heterocycles. The predicted octanol–water partition coefficient (Wildman–Crippen LogP) is 2.33. The number of nitrogens with one attached hydrogen (secondary N) is 3. The summed E-state index contributed by atoms with van der Waals surface area (Å²) >= 11 is 6.21. The van der Waals surface area contributed by atoms with E-state index in [0.29, 0.717) is 33.9 Å². The molecule has 7 N–H and O–H groups in total. The van der Waals surface area contributed by atoms with Gasteiger partial charge in [0.15, 0.2) is 0 Å². The summed E-state index contributed by atoms with van der Waals surface area (Å²) in [7, 11) is 1.70. The number of nitrogens with zero attached hydrogens (tertiary/aromatic N) is 1. The lowest BCUT2D eigenvalue weighted by atomic mass is 10.0. The average molecular weight is 351 g/mol. The summed E-state index contributed by atoms with van der Waals surface area (Å²) in [5, 5.41) is 12.0. The number of nitrogen functional groups attached to an aromatic ring is 1. The van der Waals surface area contributed by atoms with Crippen LogP contribution in [-0.4, -0.2) is 41.4 Å². The molecule has 4 rings (SSSR count). The molecule has 0 radical (unpaired) electrons. The molecule has 1 saturated carbocycles. The number of halogens is 2. The van der Waals surface area contributed by atoms with Crippen LogP contribution in [0.4, 0.5) is 15.9 Å². The largest absolute Gasteiger partial charge is 0.386 e. The first-order chi connectivity index (χ1) is 11.4. The van der Waals surface area contributed by atoms with E-state index in [4.69, 9.17) is 28.5 Å². The molecule has 0 spiro atoms. The second-order valence-corrected chi connectivity index (χ2v) is 7.06. The number of likely N-dealkylation sites (tertiary alicyclic amines) is 1. The van der Waals surface area contributed by atoms with Gasteiger partial charge in [0.05, 0.1) is 21.8 Å². The van der Waals surface area contributed by atoms with Gasteiger partial charge in [0.25, 0.3) is 0 Å². The highest BCUT2D eigenvalue weighted by Gasteiger charge is 2.44. The maximum atomic E-state index is 14.2. The molecule has 128 valence electrons. The molecule has 2 heterocycles. The molecule has 2 bridgehead atoms. The molecule has 1 saturated heterocycles. The van der Waals surface area contributed by atoms with Crippen molar-refractivity contribution in [1.82, 2.24) is 9.88 Å². The highest BCUT2D eigenvalue weighted by atomic mass is 35.5. The fourth-order valence-electron chi connectivity index (χ4n) is 4.18. The van der Waals surface area contributed by atoms with Crippen molar-refractivity contribution in [1.29, 1.82) is 5.41 Å². The van der Waals surface area contributed by atoms with Crippen molar-refractivity contribution in [2.45, 2.75) is 24.9 Å². The Hall–Kier alpha value is -1.99. The number of fused-ring (bicyclic) bond motifs is 3. The van der Waals surface area contributed by atoms with Crippen molar-refractivity contribution in [3.63, 3.8) is 0 Å². The average Bonchev–Trinajstić information content (AvgIpc) is 3.21. The van der Waals surface area contributed by atoms with Crippen molar-refractivity contribution in [2.75, 3.05) is 24.6 Å². The number of rotatable bonds is 2. The lowest BCUT2D eigenvalue weighted by molar-refractivity contribution is 0.301. The molecule has 2 fully saturated rings. The summed E-state index contributed by atoms with van der Waals surface area (Å²) in [5.74, 6) is 0.479. The van der Waals surface area contributed by atoms with E-state index in [1.807, 2.05) is 4.90 Å². The molecule has 3 atom stereocenters. The first kappa shape index (κ1) is 15.5. The van der Waals surface area contributed by atoms with E-state index in [1.54, 1.807) is 7.05 Å². The van der Waals surface area contributed by atoms with E-state index in [2.05, 4.69) is 10.3 Å². The zero-order valence-electron chi connectivity index (χ0n) is 13.3. The van der Waals surface area contributed by atoms with Gasteiger partial charge in [-0.05, 0) is 18.8 Å². The van der Waals surface area contributed by atoms with Gasteiger partial charge in [-0.3, -0.25) is 5.41 Å². The number of amidine groups is 1. The van der Waals surface area contributed by atoms with E-state index in [9.17, 15) is 4.39 Å². The maximum absolute atomic E-state index is 14.2. The minimum atomic E-state index is -0.536. The molecule has 3 unspecified atom stereocenters. The van der Waals surface area contributed by atoms with Gasteiger partial charge in [-0.1, -0.05) is 11.6 Å². The van der Waals surface area contributed by atoms with Crippen molar-refractivity contribution in [2.24, 2.45) is 11.7 Å². The normalized spacial score (nSPS) is 25.7. The van der Waals surface area contributed by atoms with E-state index in [0.717, 1.165) is 19.4 Å². The van der Waals surface area contributed by atoms with E-state index in [1.165, 1.54) is 6.07 Å². The fourth-order valence-corrected chi connectivity index (χ4v) is 4.42. The molecule has 8 heteroatoms. The molecule has 6 nitrogen and oxygen atoms in total. The Balaban J connectivity index is 1.84. The van der Waals surface area contributed by atoms with Crippen molar-refractivity contribution < 1.29 is 4.39 Å². The van der Waals surface area contributed by atoms with Crippen molar-refractivity contribution >= 4 is 39.8 Å². The first-order valence-corrected chi connectivity index (χ1v) is 8.38. The SMILES string of the molecule is CNc1cc(F)c(Cl)c2c(C(=N)N3CC4CC3CC4N)c(N)[nH]c12. The summed E-state index contributed by atoms with van der Waals surface area (Å²) in [5.41, 5.74) is 13.9. The number of piperidine rings is 1. The van der Waals surface area contributed by atoms with Crippen LogP contribution in [0.2, 0.25) is 5.02 Å². The molecule has 2 aromatic rings. The van der Waals surface area contributed by atoms with Gasteiger partial charge in [0, 0.05) is 37.1 Å². The third-order valence-electron chi connectivity index (χ3n) is 5.39. The van der Waals surface area contributed by atoms with Crippen LogP contribution in [0, 0.1) is 17.1 Å². The highest BCUT2D eigenvalue weighted by Crippen LogP contribution is 2.41. The zero-order chi connectivity index (χ0) is 17.2. The number of H-pyrrole nitrogens is 1. The summed E-state index contributed by atoms with van der Waals surface area (Å²) in [4.78, 5) is 5.06. The molecule has 1 aliphatic carbocycles. The molecule has 1 aromatic carbocycles. The summed E-state index contributed by atoms with van der Waals surface area (Å²) in [6.07, 6.45) is 1.87. The molecule has 24 heavy (non-hydrogen) atoms. The quantitative estimate of drug-likeness (QED) is 0.423. The zero-order valence-corrected chi connectivity index (χ0v) is 14.0. The van der Waals surface area contributed by atoms with Crippen LogP contribution >= 0.6 is 11.6 Å². The number of aromatic nitrogens is 1. The van der Waals surface area contributed by atoms with Gasteiger partial charge in [-0.25, -0.2) is 4.39 Å². The third-order valence-corrected chi connectivity index (χ3v) is 5.76. The maximum Gasteiger partial charge on any atom is 0.144 e. The molecular formula is C16H20ClFN6. The minimum Gasteiger partial charge on any atom is -0.386 e. The first-order valence-electron chi connectivity index (χ1n) is 8.00. The Morgan fingerprint density at radius 3 is 2.83 bits per heavy atom. The number of hydrogen-bond acceptors (Lipinski definition) is 4. The second kappa shape index (κ2) is 5.26. The standard InChI is InChI=1S/C16H20ClFN6/c1-22-10-4-8(18)13(17)11-12(15(20)23-14(10)11)16(21)24-5-6-2-7(24)3-9(6)19/h4,6-7,9,21-23H,2-3,5,19-20H2,1H3. The smallest absolute Gasteiger partial charge is 0.144 e. The van der Waals surface area contributed by atoms with Gasteiger partial charge in [0.2, 0.25) is 0 Å². The number of nitrogens with two attached hydrogens (primary N) is 2. The van der Waals surface area contributed by atoms with E-state index < -0.39 is 5.82 Å². The lowest BCUT2D eigenvalue weighted by Crippen LogP contribution is -2.44. The Kier molecular flexibility index (Phi) is 3.40. The Morgan fingerprint density at radius 2 is 2.25 bits per heavy atom. The number of anilines is 2. The molecule has 2 aliphatic rings. The summed E-state index contributed by atoms with van der Waals surface area (Å²) in [6, 6.07) is 1.78. The van der Waals surface area contributed by atoms with E-state index in [-0.39, 0.29) is 22.9 Å². The lowest BCUT2D eigenvalue weighted by Gasteiger charge is -2.32. The number of aromatic amines is 1. The molecule has 0 amide bonds. The van der Waals surface area contributed by atoms with Crippen LogP contribution in [0.25, 0.3) is 10.9 Å². The molecule has 1 aliphatic heterocycles. The van der Waals surface area contributed by atoms with Crippen LogP contribution in [0.1, 0.15) is 18.4 Å². The monoisotopic (exact) mass is 350 g/mol. The second-order valence-electron chi connectivity index (χ2n) is 6.68. The fraction of sp³-hybridized carbons (Fsp3) is 0.438. The Labute approximate surface area is 143 Å². The predicted molar refractivity (Wildman–Crippen MR) is 95.2 cm³/mol. The number of benzene rings is 1. The van der Waals surface area contributed by atoms with Gasteiger partial charge < -0.3 is 26.7 Å². The van der Waals surface area contributed by atoms with Crippen LogP contribution in [0.5, 0.6) is 0 Å². The topological polar surface area (TPSA) is 107 Å². The van der Waals surface area contributed by atoms with E-state index >= 15 is 0 Å². The van der Waals surface area contributed by atoms with Gasteiger partial charge >= 0.3 is 0 Å². The van der Waals surface area contributed by atoms with Crippen LogP contribution in [0.15, 0.2) is 6.07 Å². The summed E-state index contributed by atoms with van der Waals surface area (Å²) in [6.45, 7) is 0.739. The summed E-state index contributed by atoms with van der Waals surface area (Å²) < 4.78 is 14.2. The Morgan fingerprint density at radius 1 is 1.50 bits per heavy atom.